The highest BCUT2D eigenvalue weighted by Crippen LogP contribution is 2.50. The van der Waals surface area contributed by atoms with E-state index < -0.39 is 8.32 Å². The summed E-state index contributed by atoms with van der Waals surface area (Å²) in [5.74, 6) is 1.86. The molecular formula is C25H33NO2Si. The first-order valence-corrected chi connectivity index (χ1v) is 13.4. The highest BCUT2D eigenvalue weighted by Gasteiger charge is 2.40. The molecule has 0 saturated heterocycles. The SMILES string of the molecule is CC1=CC(C)(C)Nc2ccc3c(c21)COc1cccc(O[Si](C)(C)C(C)(C)C)c1-3. The van der Waals surface area contributed by atoms with Crippen LogP contribution in [0.4, 0.5) is 5.69 Å². The minimum Gasteiger partial charge on any atom is -0.543 e. The van der Waals surface area contributed by atoms with Gasteiger partial charge >= 0.3 is 0 Å². The van der Waals surface area contributed by atoms with E-state index in [1.54, 1.807) is 0 Å². The zero-order valence-corrected chi connectivity index (χ0v) is 20.0. The lowest BCUT2D eigenvalue weighted by molar-refractivity contribution is 0.300. The largest absolute Gasteiger partial charge is 0.543 e. The third-order valence-corrected chi connectivity index (χ3v) is 10.9. The van der Waals surface area contributed by atoms with Crippen molar-refractivity contribution in [2.75, 3.05) is 5.32 Å². The first kappa shape index (κ1) is 20.1. The molecule has 2 heterocycles. The van der Waals surface area contributed by atoms with Gasteiger partial charge < -0.3 is 14.5 Å². The molecule has 29 heavy (non-hydrogen) atoms. The van der Waals surface area contributed by atoms with Gasteiger partial charge in [-0.25, -0.2) is 0 Å². The number of hydrogen-bond donors (Lipinski definition) is 1. The van der Waals surface area contributed by atoms with Crippen LogP contribution in [0.2, 0.25) is 18.1 Å². The molecule has 0 aliphatic carbocycles. The quantitative estimate of drug-likeness (QED) is 0.532. The zero-order chi connectivity index (χ0) is 21.2. The Hall–Kier alpha value is -2.20. The fourth-order valence-electron chi connectivity index (χ4n) is 4.14. The fourth-order valence-corrected chi connectivity index (χ4v) is 5.17. The van der Waals surface area contributed by atoms with Crippen LogP contribution in [0.15, 0.2) is 36.4 Å². The van der Waals surface area contributed by atoms with Crippen LogP contribution < -0.4 is 14.5 Å². The maximum Gasteiger partial charge on any atom is 0.250 e. The molecule has 0 saturated carbocycles. The van der Waals surface area contributed by atoms with Crippen molar-refractivity contribution in [3.8, 4) is 22.6 Å². The minimum atomic E-state index is -1.97. The van der Waals surface area contributed by atoms with E-state index in [2.05, 4.69) is 90.3 Å². The molecule has 0 unspecified atom stereocenters. The molecule has 3 nitrogen and oxygen atoms in total. The van der Waals surface area contributed by atoms with Crippen molar-refractivity contribution in [1.82, 2.24) is 0 Å². The average Bonchev–Trinajstić information content (AvgIpc) is 2.58. The molecule has 154 valence electrons. The van der Waals surface area contributed by atoms with Crippen molar-refractivity contribution in [3.63, 3.8) is 0 Å². The molecule has 0 atom stereocenters. The molecule has 0 radical (unpaired) electrons. The van der Waals surface area contributed by atoms with Gasteiger partial charge in [0.25, 0.3) is 8.32 Å². The topological polar surface area (TPSA) is 30.5 Å². The van der Waals surface area contributed by atoms with E-state index in [-0.39, 0.29) is 10.6 Å². The second kappa shape index (κ2) is 6.40. The Morgan fingerprint density at radius 2 is 1.79 bits per heavy atom. The van der Waals surface area contributed by atoms with Crippen molar-refractivity contribution in [2.45, 2.75) is 71.8 Å². The lowest BCUT2D eigenvalue weighted by atomic mass is 9.84. The number of nitrogens with one attached hydrogen (secondary N) is 1. The molecule has 0 fully saturated rings. The summed E-state index contributed by atoms with van der Waals surface area (Å²) in [7, 11) is -1.97. The molecule has 0 aromatic heterocycles. The summed E-state index contributed by atoms with van der Waals surface area (Å²) in [6, 6.07) is 10.6. The standard InChI is InChI=1S/C25H33NO2Si/c1-16-14-25(5,6)26-19-13-12-17-18(22(16)19)15-27-20-10-9-11-21(23(17)20)28-29(7,8)24(2,3)4/h9-14,26H,15H2,1-8H3. The number of ether oxygens (including phenoxy) is 1. The highest BCUT2D eigenvalue weighted by atomic mass is 28.4. The third kappa shape index (κ3) is 3.37. The van der Waals surface area contributed by atoms with Gasteiger partial charge in [-0.05, 0) is 68.2 Å². The van der Waals surface area contributed by atoms with Crippen molar-refractivity contribution in [1.29, 1.82) is 0 Å². The Kier molecular flexibility index (Phi) is 4.43. The molecule has 2 aliphatic heterocycles. The van der Waals surface area contributed by atoms with Crippen LogP contribution in [-0.4, -0.2) is 13.9 Å². The molecule has 0 bridgehead atoms. The maximum atomic E-state index is 6.75. The number of benzene rings is 2. The maximum absolute atomic E-state index is 6.75. The Labute approximate surface area is 176 Å². The molecule has 0 amide bonds. The van der Waals surface area contributed by atoms with E-state index in [9.17, 15) is 0 Å². The molecule has 2 aromatic rings. The Morgan fingerprint density at radius 3 is 2.48 bits per heavy atom. The first-order valence-electron chi connectivity index (χ1n) is 10.5. The number of rotatable bonds is 2. The zero-order valence-electron chi connectivity index (χ0n) is 19.0. The van der Waals surface area contributed by atoms with E-state index in [1.807, 2.05) is 6.07 Å². The highest BCUT2D eigenvalue weighted by molar-refractivity contribution is 6.74. The third-order valence-electron chi connectivity index (χ3n) is 6.54. The summed E-state index contributed by atoms with van der Waals surface area (Å²) in [4.78, 5) is 0. The van der Waals surface area contributed by atoms with Gasteiger partial charge in [-0.3, -0.25) is 0 Å². The number of hydrogen-bond acceptors (Lipinski definition) is 3. The Bertz CT molecular complexity index is 1010. The van der Waals surface area contributed by atoms with Gasteiger partial charge in [-0.2, -0.15) is 0 Å². The molecule has 2 aromatic carbocycles. The van der Waals surface area contributed by atoms with Crippen LogP contribution in [0, 0.1) is 0 Å². The monoisotopic (exact) mass is 407 g/mol. The molecule has 1 N–H and O–H groups in total. The number of anilines is 1. The van der Waals surface area contributed by atoms with Gasteiger partial charge in [0.15, 0.2) is 0 Å². The Balaban J connectivity index is 1.87. The summed E-state index contributed by atoms with van der Waals surface area (Å²) in [6.45, 7) is 18.6. The van der Waals surface area contributed by atoms with Gasteiger partial charge in [-0.15, -0.1) is 0 Å². The summed E-state index contributed by atoms with van der Waals surface area (Å²) >= 11 is 0. The first-order chi connectivity index (χ1) is 13.4. The summed E-state index contributed by atoms with van der Waals surface area (Å²) in [5.41, 5.74) is 7.29. The van der Waals surface area contributed by atoms with Crippen molar-refractivity contribution in [3.05, 3.63) is 47.5 Å². The van der Waals surface area contributed by atoms with Crippen LogP contribution >= 0.6 is 0 Å². The van der Waals surface area contributed by atoms with E-state index in [4.69, 9.17) is 9.16 Å². The predicted molar refractivity (Wildman–Crippen MR) is 125 cm³/mol. The molecule has 4 heteroatoms. The van der Waals surface area contributed by atoms with Gasteiger partial charge in [-0.1, -0.05) is 39.0 Å². The van der Waals surface area contributed by atoms with Gasteiger partial charge in [0, 0.05) is 16.8 Å². The second-order valence-corrected chi connectivity index (χ2v) is 15.2. The van der Waals surface area contributed by atoms with Gasteiger partial charge in [0.2, 0.25) is 0 Å². The van der Waals surface area contributed by atoms with Crippen LogP contribution in [-0.2, 0) is 6.61 Å². The minimum absolute atomic E-state index is 0.0463. The van der Waals surface area contributed by atoms with E-state index in [1.165, 1.54) is 28.0 Å². The lowest BCUT2D eigenvalue weighted by Gasteiger charge is -2.38. The number of fused-ring (bicyclic) bond motifs is 5. The van der Waals surface area contributed by atoms with Crippen LogP contribution in [0.25, 0.3) is 16.7 Å². The van der Waals surface area contributed by atoms with Crippen LogP contribution in [0.3, 0.4) is 0 Å². The predicted octanol–water partition coefficient (Wildman–Crippen LogP) is 7.24. The van der Waals surface area contributed by atoms with Crippen molar-refractivity contribution >= 4 is 19.6 Å². The van der Waals surface area contributed by atoms with E-state index >= 15 is 0 Å². The van der Waals surface area contributed by atoms with Crippen molar-refractivity contribution in [2.24, 2.45) is 0 Å². The molecule has 4 rings (SSSR count). The van der Waals surface area contributed by atoms with E-state index in [0.29, 0.717) is 6.61 Å². The summed E-state index contributed by atoms with van der Waals surface area (Å²) in [5, 5.41) is 3.79. The molecular weight excluding hydrogens is 374 g/mol. The van der Waals surface area contributed by atoms with Crippen molar-refractivity contribution < 1.29 is 9.16 Å². The molecule has 0 spiro atoms. The lowest BCUT2D eigenvalue weighted by Crippen LogP contribution is -2.44. The van der Waals surface area contributed by atoms with E-state index in [0.717, 1.165) is 17.1 Å². The van der Waals surface area contributed by atoms with Crippen LogP contribution in [0.1, 0.15) is 52.7 Å². The Morgan fingerprint density at radius 1 is 1.07 bits per heavy atom. The smallest absolute Gasteiger partial charge is 0.250 e. The number of allylic oxidation sites excluding steroid dienone is 1. The molecule has 2 aliphatic rings. The summed E-state index contributed by atoms with van der Waals surface area (Å²) < 4.78 is 13.0. The van der Waals surface area contributed by atoms with Crippen LogP contribution in [0.5, 0.6) is 11.5 Å². The fraction of sp³-hybridized carbons (Fsp3) is 0.440. The average molecular weight is 408 g/mol. The summed E-state index contributed by atoms with van der Waals surface area (Å²) in [6.07, 6.45) is 2.31. The normalized spacial score (nSPS) is 17.2. The second-order valence-electron chi connectivity index (χ2n) is 10.5. The van der Waals surface area contributed by atoms with Gasteiger partial charge in [0.1, 0.15) is 18.1 Å². The van der Waals surface area contributed by atoms with Gasteiger partial charge in [0.05, 0.1) is 11.1 Å².